The van der Waals surface area contributed by atoms with Gasteiger partial charge in [0.25, 0.3) is 0 Å². The number of benzene rings is 9. The predicted molar refractivity (Wildman–Crippen MR) is 299 cm³/mol. The van der Waals surface area contributed by atoms with Gasteiger partial charge in [-0.25, -0.2) is 0 Å². The molecule has 0 nitrogen and oxygen atoms in total. The third-order valence-corrected chi connectivity index (χ3v) is 20.5. The van der Waals surface area contributed by atoms with Gasteiger partial charge in [-0.1, -0.05) is 0 Å². The first-order valence-electron chi connectivity index (χ1n) is 25.7. The molecule has 9 aromatic rings. The minimum absolute atomic E-state index is 0. The summed E-state index contributed by atoms with van der Waals surface area (Å²) in [4.78, 5) is 0. The van der Waals surface area contributed by atoms with E-state index in [9.17, 15) is 0 Å². The van der Waals surface area contributed by atoms with E-state index in [1.165, 1.54) is 86.2 Å². The Bertz CT molecular complexity index is 2770. The van der Waals surface area contributed by atoms with Gasteiger partial charge in [-0.3, -0.25) is 0 Å². The van der Waals surface area contributed by atoms with Crippen LogP contribution in [0.5, 0.6) is 0 Å². The molecule has 0 aliphatic heterocycles. The van der Waals surface area contributed by atoms with Gasteiger partial charge in [0.05, 0.1) is 0 Å². The molecule has 1 atom stereocenters. The number of allylic oxidation sites excluding steroid dienone is 4. The second-order valence-corrected chi connectivity index (χ2v) is 24.5. The van der Waals surface area contributed by atoms with Crippen LogP contribution in [0.15, 0.2) is 257 Å². The van der Waals surface area contributed by atoms with Crippen molar-refractivity contribution in [1.29, 1.82) is 0 Å². The van der Waals surface area contributed by atoms with E-state index < -0.39 is 8.07 Å². The minimum Gasteiger partial charge on any atom is -1.00 e. The van der Waals surface area contributed by atoms with E-state index in [2.05, 4.69) is 277 Å². The van der Waals surface area contributed by atoms with Gasteiger partial charge in [-0.05, 0) is 0 Å². The molecule has 1 unspecified atom stereocenters. The van der Waals surface area contributed by atoms with Crippen LogP contribution in [0.25, 0.3) is 0 Å². The minimum atomic E-state index is -3.28. The Morgan fingerprint density at radius 3 is 0.797 bits per heavy atom. The fourth-order valence-electron chi connectivity index (χ4n) is 11.2. The van der Waals surface area contributed by atoms with E-state index in [1.54, 1.807) is 10.8 Å². The maximum Gasteiger partial charge on any atom is -1.00 e. The summed E-state index contributed by atoms with van der Waals surface area (Å²) in [7, 11) is -3.28. The Morgan fingerprint density at radius 2 is 0.581 bits per heavy atom. The van der Waals surface area contributed by atoms with Crippen molar-refractivity contribution >= 4 is 23.6 Å². The first-order valence-corrected chi connectivity index (χ1v) is 28.5. The molecule has 0 saturated heterocycles. The van der Waals surface area contributed by atoms with Crippen LogP contribution in [-0.2, 0) is 59.0 Å². The van der Waals surface area contributed by atoms with Gasteiger partial charge >= 0.3 is 439 Å². The van der Waals surface area contributed by atoms with Crippen LogP contribution in [-0.4, -0.2) is 8.07 Å². The SMILES string of the molecule is CCC(C)C1=CC[C]([Ti+3])=C1[Si](c1cc(Cc2ccccc2)cc(Cc2ccccc2)c1)(c1cc(Cc2ccccc2)cc(Cc2ccccc2)c1)c1cc(Cc2ccccc2)cc(Cc2ccccc2)c1.[Cl-].[Cl-].[Cl-]. The van der Waals surface area contributed by atoms with Crippen LogP contribution in [0.4, 0.5) is 0 Å². The molecular formula is C69H63Cl3SiTi. The van der Waals surface area contributed by atoms with E-state index in [0.29, 0.717) is 5.92 Å². The zero-order chi connectivity index (χ0) is 48.4. The molecule has 1 aliphatic rings. The molecule has 0 fully saturated rings. The normalized spacial score (nSPS) is 12.5. The third kappa shape index (κ3) is 13.4. The molecule has 0 spiro atoms. The molecular weight excluding hydrogens is 1010 g/mol. The Morgan fingerprint density at radius 1 is 0.351 bits per heavy atom. The summed E-state index contributed by atoms with van der Waals surface area (Å²) in [6, 6.07) is 90.3. The van der Waals surface area contributed by atoms with Gasteiger partial charge in [0.2, 0.25) is 0 Å². The Balaban J connectivity index is 0.00000267. The molecule has 0 heterocycles. The first kappa shape index (κ1) is 56.0. The summed E-state index contributed by atoms with van der Waals surface area (Å²) in [6.07, 6.45) is 9.90. The topological polar surface area (TPSA) is 0 Å². The van der Waals surface area contributed by atoms with Crippen molar-refractivity contribution in [2.75, 3.05) is 0 Å². The van der Waals surface area contributed by atoms with Crippen molar-refractivity contribution in [2.45, 2.75) is 65.2 Å². The molecule has 74 heavy (non-hydrogen) atoms. The fourth-order valence-corrected chi connectivity index (χ4v) is 18.0. The molecule has 0 aromatic heterocycles. The number of halogens is 3. The van der Waals surface area contributed by atoms with Crippen molar-refractivity contribution in [3.05, 3.63) is 324 Å². The Kier molecular flexibility index (Phi) is 20.2. The Labute approximate surface area is 472 Å². The van der Waals surface area contributed by atoms with Gasteiger partial charge in [0.15, 0.2) is 0 Å². The summed E-state index contributed by atoms with van der Waals surface area (Å²) in [5.41, 5.74) is 17.8. The van der Waals surface area contributed by atoms with Crippen molar-refractivity contribution in [3.63, 3.8) is 0 Å². The molecule has 5 heteroatoms. The maximum atomic E-state index is 2.67. The van der Waals surface area contributed by atoms with Crippen LogP contribution in [0.2, 0.25) is 0 Å². The Hall–Kier alpha value is -5.74. The van der Waals surface area contributed by atoms with Gasteiger partial charge < -0.3 is 37.2 Å². The number of hydrogen-bond donors (Lipinski definition) is 0. The quantitative estimate of drug-likeness (QED) is 0.0796. The van der Waals surface area contributed by atoms with Crippen molar-refractivity contribution in [2.24, 2.45) is 5.92 Å². The molecule has 0 saturated carbocycles. The summed E-state index contributed by atoms with van der Waals surface area (Å²) in [5.74, 6) is 0.401. The van der Waals surface area contributed by atoms with Crippen LogP contribution < -0.4 is 52.8 Å². The second kappa shape index (κ2) is 26.7. The summed E-state index contributed by atoms with van der Waals surface area (Å²) in [5, 5.41) is 6.05. The van der Waals surface area contributed by atoms with E-state index in [1.807, 2.05) is 0 Å². The van der Waals surface area contributed by atoms with Crippen LogP contribution in [0, 0.1) is 5.92 Å². The molecule has 0 N–H and O–H groups in total. The summed E-state index contributed by atoms with van der Waals surface area (Å²) < 4.78 is 1.51. The average Bonchev–Trinajstić information content (AvgIpc) is 3.79. The standard InChI is InChI=1S/C69H63Si.3ClH.Ti/c1-3-52(2)68-35-22-36-69(68)70(65-46-59(37-53-23-10-4-11-24-53)43-60(47-65)38-54-25-12-5-13-26-54,66-48-61(39-55-27-14-6-15-28-55)44-62(49-66)40-56-29-16-7-17-30-56)67-50-63(41-57-31-18-8-19-32-57)45-64(51-67)42-58-33-20-9-21-34-58;;;;/h4-21,23-35,43-52H,3,22,37-42H2,1-2H3;3*1H;/q;;;;+3/p-3. The van der Waals surface area contributed by atoms with E-state index in [-0.39, 0.29) is 37.2 Å². The molecule has 0 radical (unpaired) electrons. The first-order chi connectivity index (χ1) is 34.9. The zero-order valence-electron chi connectivity index (χ0n) is 42.5. The molecule has 9 aromatic carbocycles. The largest absolute Gasteiger partial charge is 1.00 e. The molecule has 0 amide bonds. The van der Waals surface area contributed by atoms with E-state index in [0.717, 1.165) is 51.4 Å². The predicted octanol–water partition coefficient (Wildman–Crippen LogP) is 5.43. The van der Waals surface area contributed by atoms with Crippen molar-refractivity contribution < 1.29 is 57.7 Å². The smallest absolute Gasteiger partial charge is 1.00 e. The number of rotatable bonds is 18. The monoisotopic (exact) mass is 1070 g/mol. The van der Waals surface area contributed by atoms with Crippen LogP contribution in [0.1, 0.15) is 93.5 Å². The summed E-state index contributed by atoms with van der Waals surface area (Å²) in [6.45, 7) is 4.87. The average molecular weight is 1070 g/mol. The van der Waals surface area contributed by atoms with E-state index >= 15 is 0 Å². The van der Waals surface area contributed by atoms with Gasteiger partial charge in [-0.2, -0.15) is 0 Å². The van der Waals surface area contributed by atoms with E-state index in [4.69, 9.17) is 0 Å². The van der Waals surface area contributed by atoms with Crippen molar-refractivity contribution in [3.8, 4) is 0 Å². The van der Waals surface area contributed by atoms with Gasteiger partial charge in [0, 0.05) is 0 Å². The van der Waals surface area contributed by atoms with Gasteiger partial charge in [0.1, 0.15) is 0 Å². The molecule has 368 valence electrons. The molecule has 10 rings (SSSR count). The molecule has 0 bridgehead atoms. The summed E-state index contributed by atoms with van der Waals surface area (Å²) >= 11 is 2.47. The van der Waals surface area contributed by atoms with Crippen molar-refractivity contribution in [1.82, 2.24) is 0 Å². The third-order valence-electron chi connectivity index (χ3n) is 14.6. The maximum absolute atomic E-state index is 3.28. The zero-order valence-corrected chi connectivity index (χ0v) is 47.3. The van der Waals surface area contributed by atoms with Crippen LogP contribution >= 0.6 is 0 Å². The van der Waals surface area contributed by atoms with Gasteiger partial charge in [-0.15, -0.1) is 0 Å². The second-order valence-electron chi connectivity index (χ2n) is 19.9. The molecule has 1 aliphatic carbocycles. The fraction of sp³-hybridized carbons (Fsp3) is 0.159. The van der Waals surface area contributed by atoms with Crippen LogP contribution in [0.3, 0.4) is 0 Å². The number of hydrogen-bond acceptors (Lipinski definition) is 0.